The van der Waals surface area contributed by atoms with Crippen molar-refractivity contribution in [1.29, 1.82) is 0 Å². The highest BCUT2D eigenvalue weighted by Crippen LogP contribution is 2.25. The van der Waals surface area contributed by atoms with Crippen molar-refractivity contribution in [1.82, 2.24) is 9.21 Å². The number of carbonyl (C=O) groups excluding carboxylic acids is 2. The third kappa shape index (κ3) is 6.24. The number of rotatable bonds is 9. The van der Waals surface area contributed by atoms with Crippen molar-refractivity contribution < 1.29 is 31.2 Å². The lowest BCUT2D eigenvalue weighted by Crippen LogP contribution is -2.51. The molecule has 0 aromatic carbocycles. The first kappa shape index (κ1) is 23.8. The first-order valence-electron chi connectivity index (χ1n) is 9.26. The number of sulfone groups is 1. The number of carbonyl (C=O) groups is 2. The summed E-state index contributed by atoms with van der Waals surface area (Å²) in [6.45, 7) is 2.35. The van der Waals surface area contributed by atoms with Gasteiger partial charge in [0.05, 0.1) is 18.4 Å². The zero-order valence-electron chi connectivity index (χ0n) is 16.5. The van der Waals surface area contributed by atoms with Gasteiger partial charge >= 0.3 is 5.97 Å². The zero-order chi connectivity index (χ0) is 21.7. The van der Waals surface area contributed by atoms with E-state index in [9.17, 15) is 26.4 Å². The molecule has 2 heterocycles. The summed E-state index contributed by atoms with van der Waals surface area (Å²) in [7, 11) is -6.04. The van der Waals surface area contributed by atoms with Crippen molar-refractivity contribution in [3.8, 4) is 0 Å². The molecule has 29 heavy (non-hydrogen) atoms. The van der Waals surface area contributed by atoms with Crippen LogP contribution in [0.4, 0.5) is 0 Å². The van der Waals surface area contributed by atoms with Gasteiger partial charge in [-0.1, -0.05) is 19.8 Å². The van der Waals surface area contributed by atoms with E-state index in [1.54, 1.807) is 0 Å². The highest BCUT2D eigenvalue weighted by molar-refractivity contribution is 7.92. The van der Waals surface area contributed by atoms with Crippen LogP contribution in [0.15, 0.2) is 15.7 Å². The van der Waals surface area contributed by atoms with Gasteiger partial charge < -0.3 is 9.64 Å². The summed E-state index contributed by atoms with van der Waals surface area (Å²) in [5, 5.41) is 1.42. The van der Waals surface area contributed by atoms with Crippen molar-refractivity contribution in [2.75, 3.05) is 44.8 Å². The molecule has 1 saturated heterocycles. The summed E-state index contributed by atoms with van der Waals surface area (Å²) < 4.78 is 55.5. The Bertz CT molecular complexity index is 930. The van der Waals surface area contributed by atoms with Gasteiger partial charge in [-0.3, -0.25) is 4.79 Å². The Labute approximate surface area is 175 Å². The molecule has 0 spiro atoms. The van der Waals surface area contributed by atoms with Crippen molar-refractivity contribution >= 4 is 43.1 Å². The van der Waals surface area contributed by atoms with Crippen LogP contribution in [-0.2, 0) is 29.4 Å². The molecule has 1 fully saturated rings. The predicted octanol–water partition coefficient (Wildman–Crippen LogP) is 0.973. The average Bonchev–Trinajstić information content (AvgIpc) is 3.18. The summed E-state index contributed by atoms with van der Waals surface area (Å²) in [6.07, 6.45) is 2.22. The fraction of sp³-hybridized carbons (Fsp3) is 0.647. The lowest BCUT2D eigenvalue weighted by atomic mass is 10.3. The Hall–Kier alpha value is -1.50. The van der Waals surface area contributed by atoms with Crippen molar-refractivity contribution in [2.24, 2.45) is 0 Å². The molecule has 9 nitrogen and oxygen atoms in total. The van der Waals surface area contributed by atoms with E-state index < -0.39 is 37.5 Å². The van der Waals surface area contributed by atoms with Gasteiger partial charge in [-0.2, -0.15) is 4.31 Å². The summed E-state index contributed by atoms with van der Waals surface area (Å²) in [4.78, 5) is 25.2. The van der Waals surface area contributed by atoms with Crippen LogP contribution in [0, 0.1) is 0 Å². The minimum Gasteiger partial charge on any atom is -0.465 e. The van der Waals surface area contributed by atoms with Gasteiger partial charge in [0.25, 0.3) is 10.0 Å². The number of hydrogen-bond acceptors (Lipinski definition) is 8. The van der Waals surface area contributed by atoms with E-state index in [1.165, 1.54) is 27.8 Å². The smallest absolute Gasteiger partial charge is 0.338 e. The monoisotopic (exact) mass is 466 g/mol. The molecule has 0 aliphatic carbocycles. The van der Waals surface area contributed by atoms with Crippen LogP contribution in [0.25, 0.3) is 0 Å². The van der Waals surface area contributed by atoms with Gasteiger partial charge in [-0.25, -0.2) is 21.6 Å². The van der Waals surface area contributed by atoms with Crippen molar-refractivity contribution in [2.45, 2.75) is 30.4 Å². The zero-order valence-corrected chi connectivity index (χ0v) is 18.9. The van der Waals surface area contributed by atoms with E-state index in [4.69, 9.17) is 0 Å². The molecule has 0 atom stereocenters. The van der Waals surface area contributed by atoms with E-state index in [1.807, 2.05) is 6.92 Å². The first-order chi connectivity index (χ1) is 13.6. The molecule has 1 amide bonds. The van der Waals surface area contributed by atoms with Crippen LogP contribution in [0.3, 0.4) is 0 Å². The Morgan fingerprint density at radius 2 is 1.76 bits per heavy atom. The van der Waals surface area contributed by atoms with Crippen LogP contribution in [0.2, 0.25) is 0 Å². The molecule has 12 heteroatoms. The van der Waals surface area contributed by atoms with Gasteiger partial charge in [-0.05, 0) is 12.5 Å². The Morgan fingerprint density at radius 1 is 1.10 bits per heavy atom. The molecular formula is C17H26N2O7S3. The highest BCUT2D eigenvalue weighted by atomic mass is 32.2. The third-order valence-corrected chi connectivity index (χ3v) is 9.50. The van der Waals surface area contributed by atoms with Crippen LogP contribution in [-0.4, -0.2) is 82.7 Å². The Morgan fingerprint density at radius 3 is 2.34 bits per heavy atom. The summed E-state index contributed by atoms with van der Waals surface area (Å²) in [5.41, 5.74) is 0.165. The molecule has 1 aromatic heterocycles. The number of piperazine rings is 1. The number of sulfonamides is 1. The van der Waals surface area contributed by atoms with Gasteiger partial charge in [-0.15, -0.1) is 11.3 Å². The standard InChI is InChI=1S/C17H26N2O7S3/c1-3-4-5-10-28(22,23)13-15(20)18-6-8-19(9-7-18)29(24,25)16-11-14(12-27-16)17(21)26-2/h11-12H,3-10,13H2,1-2H3. The van der Waals surface area contributed by atoms with E-state index in [2.05, 4.69) is 4.74 Å². The third-order valence-electron chi connectivity index (χ3n) is 4.58. The van der Waals surface area contributed by atoms with Crippen molar-refractivity contribution in [3.63, 3.8) is 0 Å². The van der Waals surface area contributed by atoms with E-state index in [0.717, 1.165) is 24.2 Å². The van der Waals surface area contributed by atoms with Crippen LogP contribution in [0.5, 0.6) is 0 Å². The molecule has 1 aliphatic heterocycles. The number of ether oxygens (including phenoxy) is 1. The Kier molecular flexibility index (Phi) is 8.20. The normalized spacial score (nSPS) is 16.0. The lowest BCUT2D eigenvalue weighted by molar-refractivity contribution is -0.129. The molecule has 0 unspecified atom stereocenters. The number of methoxy groups -OCH3 is 1. The SMILES string of the molecule is CCCCCS(=O)(=O)CC(=O)N1CCN(S(=O)(=O)c2cc(C(=O)OC)cs2)CC1. The fourth-order valence-corrected chi connectivity index (χ4v) is 6.98. The molecule has 0 radical (unpaired) electrons. The second-order valence-corrected chi connectivity index (χ2v) is 12.0. The quantitative estimate of drug-likeness (QED) is 0.393. The number of amides is 1. The molecule has 0 saturated carbocycles. The number of nitrogens with zero attached hydrogens (tertiary/aromatic N) is 2. The number of unbranched alkanes of at least 4 members (excludes halogenated alkanes) is 2. The first-order valence-corrected chi connectivity index (χ1v) is 13.4. The summed E-state index contributed by atoms with van der Waals surface area (Å²) in [5.74, 6) is -1.67. The minimum atomic E-state index is -3.79. The topological polar surface area (TPSA) is 118 Å². The van der Waals surface area contributed by atoms with E-state index in [-0.39, 0.29) is 41.7 Å². The molecule has 0 N–H and O–H groups in total. The maximum Gasteiger partial charge on any atom is 0.338 e. The van der Waals surface area contributed by atoms with Gasteiger partial charge in [0.2, 0.25) is 5.91 Å². The summed E-state index contributed by atoms with van der Waals surface area (Å²) in [6, 6.07) is 1.27. The molecular weight excluding hydrogens is 440 g/mol. The molecule has 164 valence electrons. The van der Waals surface area contributed by atoms with Crippen LogP contribution < -0.4 is 0 Å². The van der Waals surface area contributed by atoms with E-state index in [0.29, 0.717) is 6.42 Å². The molecule has 0 bridgehead atoms. The second-order valence-electron chi connectivity index (χ2n) is 6.73. The minimum absolute atomic E-state index is 0.0121. The van der Waals surface area contributed by atoms with Gasteiger partial charge in [0, 0.05) is 31.6 Å². The van der Waals surface area contributed by atoms with Gasteiger partial charge in [0.15, 0.2) is 9.84 Å². The van der Waals surface area contributed by atoms with E-state index >= 15 is 0 Å². The lowest BCUT2D eigenvalue weighted by Gasteiger charge is -2.33. The maximum absolute atomic E-state index is 12.7. The maximum atomic E-state index is 12.7. The van der Waals surface area contributed by atoms with Gasteiger partial charge in [0.1, 0.15) is 9.96 Å². The molecule has 1 aromatic rings. The fourth-order valence-electron chi connectivity index (χ4n) is 2.91. The largest absolute Gasteiger partial charge is 0.465 e. The number of esters is 1. The van der Waals surface area contributed by atoms with Crippen LogP contribution >= 0.6 is 11.3 Å². The predicted molar refractivity (Wildman–Crippen MR) is 109 cm³/mol. The number of thiophene rings is 1. The second kappa shape index (κ2) is 10.0. The highest BCUT2D eigenvalue weighted by Gasteiger charge is 2.32. The average molecular weight is 467 g/mol. The van der Waals surface area contributed by atoms with Crippen LogP contribution in [0.1, 0.15) is 36.5 Å². The number of hydrogen-bond donors (Lipinski definition) is 0. The van der Waals surface area contributed by atoms with Crippen molar-refractivity contribution in [3.05, 3.63) is 17.0 Å². The Balaban J connectivity index is 1.94. The molecule has 1 aliphatic rings. The summed E-state index contributed by atoms with van der Waals surface area (Å²) >= 11 is 0.928. The molecule has 2 rings (SSSR count).